The second kappa shape index (κ2) is 6.81. The highest BCUT2D eigenvalue weighted by molar-refractivity contribution is 4.71. The molecule has 0 fully saturated rings. The molecule has 0 aliphatic carbocycles. The van der Waals surface area contributed by atoms with Gasteiger partial charge >= 0.3 is 0 Å². The van der Waals surface area contributed by atoms with Gasteiger partial charge in [-0.05, 0) is 12.8 Å². The zero-order chi connectivity index (χ0) is 8.53. The van der Waals surface area contributed by atoms with Crippen molar-refractivity contribution in [3.8, 4) is 0 Å². The minimum atomic E-state index is -0.233. The van der Waals surface area contributed by atoms with E-state index in [9.17, 15) is 5.11 Å². The van der Waals surface area contributed by atoms with Gasteiger partial charge in [-0.25, -0.2) is 0 Å². The molecule has 1 N–H and O–H groups in total. The molecule has 0 spiro atoms. The van der Waals surface area contributed by atoms with Crippen molar-refractivity contribution in [2.45, 2.75) is 45.1 Å². The van der Waals surface area contributed by atoms with Gasteiger partial charge in [0.1, 0.15) is 0 Å². The van der Waals surface area contributed by atoms with Gasteiger partial charge in [0.05, 0.1) is 7.47 Å². The summed E-state index contributed by atoms with van der Waals surface area (Å²) in [5.41, 5.74) is 0. The first-order valence-corrected chi connectivity index (χ1v) is 4.02. The molecule has 0 aliphatic heterocycles. The molecule has 0 saturated carbocycles. The van der Waals surface area contributed by atoms with Crippen LogP contribution in [-0.4, -0.2) is 11.2 Å². The lowest BCUT2D eigenvalue weighted by atomic mass is 10.1. The highest BCUT2D eigenvalue weighted by atomic mass is 16.3. The summed E-state index contributed by atoms with van der Waals surface area (Å²) in [6.45, 7) is 3.39. The Kier molecular flexibility index (Phi) is 5.32. The Morgan fingerprint density at radius 3 is 3.10 bits per heavy atom. The SMILES string of the molecule is [2H]C=CCC(O)CCCCC. The van der Waals surface area contributed by atoms with E-state index in [2.05, 4.69) is 6.92 Å². The molecule has 0 amide bonds. The Morgan fingerprint density at radius 1 is 1.70 bits per heavy atom. The maximum absolute atomic E-state index is 9.27. The molecule has 10 heavy (non-hydrogen) atoms. The number of aliphatic hydroxyl groups is 1. The molecule has 0 bridgehead atoms. The lowest BCUT2D eigenvalue weighted by Crippen LogP contribution is -2.03. The van der Waals surface area contributed by atoms with Crippen LogP contribution in [0.4, 0.5) is 0 Å². The maximum Gasteiger partial charge on any atom is 0.0574 e. The first kappa shape index (κ1) is 7.80. The van der Waals surface area contributed by atoms with Crippen molar-refractivity contribution >= 4 is 0 Å². The molecule has 0 heterocycles. The van der Waals surface area contributed by atoms with Crippen molar-refractivity contribution in [3.63, 3.8) is 0 Å². The van der Waals surface area contributed by atoms with Crippen molar-refractivity contribution in [1.29, 1.82) is 0 Å². The Morgan fingerprint density at radius 2 is 2.50 bits per heavy atom. The number of aliphatic hydroxyl groups excluding tert-OH is 1. The van der Waals surface area contributed by atoms with Gasteiger partial charge in [-0.2, -0.15) is 0 Å². The third-order valence-electron chi connectivity index (χ3n) is 1.55. The molecule has 0 rings (SSSR count). The normalized spacial score (nSPS) is 15.6. The van der Waals surface area contributed by atoms with E-state index >= 15 is 0 Å². The van der Waals surface area contributed by atoms with E-state index in [4.69, 9.17) is 1.37 Å². The summed E-state index contributed by atoms with van der Waals surface area (Å²) in [5, 5.41) is 9.27. The van der Waals surface area contributed by atoms with Crippen LogP contribution >= 0.6 is 0 Å². The van der Waals surface area contributed by atoms with Gasteiger partial charge in [0.15, 0.2) is 0 Å². The fraction of sp³-hybridized carbons (Fsp3) is 0.778. The van der Waals surface area contributed by atoms with Gasteiger partial charge in [-0.3, -0.25) is 0 Å². The molecule has 1 nitrogen and oxygen atoms in total. The summed E-state index contributed by atoms with van der Waals surface area (Å²) in [6, 6.07) is 0. The van der Waals surface area contributed by atoms with Gasteiger partial charge in [0, 0.05) is 0 Å². The average molecular weight is 143 g/mol. The highest BCUT2D eigenvalue weighted by Crippen LogP contribution is 2.05. The second-order valence-corrected chi connectivity index (χ2v) is 2.62. The Labute approximate surface area is 65.2 Å². The zero-order valence-electron chi connectivity index (χ0n) is 7.71. The van der Waals surface area contributed by atoms with Gasteiger partial charge in [0.25, 0.3) is 0 Å². The molecule has 60 valence electrons. The Balaban J connectivity index is 3.15. The molecule has 0 aromatic carbocycles. The quantitative estimate of drug-likeness (QED) is 0.447. The summed E-state index contributed by atoms with van der Waals surface area (Å²) in [4.78, 5) is 0. The van der Waals surface area contributed by atoms with Crippen molar-refractivity contribution in [1.82, 2.24) is 0 Å². The highest BCUT2D eigenvalue weighted by Gasteiger charge is 1.98. The minimum absolute atomic E-state index is 0.233. The lowest BCUT2D eigenvalue weighted by molar-refractivity contribution is 0.164. The largest absolute Gasteiger partial charge is 0.393 e. The lowest BCUT2D eigenvalue weighted by Gasteiger charge is -2.05. The van der Waals surface area contributed by atoms with E-state index in [1.807, 2.05) is 0 Å². The van der Waals surface area contributed by atoms with E-state index in [0.717, 1.165) is 12.8 Å². The second-order valence-electron chi connectivity index (χ2n) is 2.62. The molecule has 1 atom stereocenters. The van der Waals surface area contributed by atoms with E-state index in [0.29, 0.717) is 6.42 Å². The van der Waals surface area contributed by atoms with Crippen LogP contribution in [0.5, 0.6) is 0 Å². The van der Waals surface area contributed by atoms with Crippen molar-refractivity contribution in [3.05, 3.63) is 12.6 Å². The van der Waals surface area contributed by atoms with Gasteiger partial charge in [-0.1, -0.05) is 32.3 Å². The zero-order valence-corrected chi connectivity index (χ0v) is 6.71. The van der Waals surface area contributed by atoms with Crippen LogP contribution in [0.25, 0.3) is 0 Å². The topological polar surface area (TPSA) is 20.2 Å². The molecule has 0 aromatic heterocycles. The summed E-state index contributed by atoms with van der Waals surface area (Å²) in [5.74, 6) is 0. The van der Waals surface area contributed by atoms with E-state index < -0.39 is 0 Å². The minimum Gasteiger partial charge on any atom is -0.393 e. The Bertz CT molecular complexity index is 102. The molecule has 1 unspecified atom stereocenters. The predicted octanol–water partition coefficient (Wildman–Crippen LogP) is 2.50. The third-order valence-corrected chi connectivity index (χ3v) is 1.55. The van der Waals surface area contributed by atoms with Crippen LogP contribution in [0.1, 0.15) is 40.4 Å². The fourth-order valence-corrected chi connectivity index (χ4v) is 0.905. The van der Waals surface area contributed by atoms with Crippen LogP contribution in [-0.2, 0) is 0 Å². The van der Waals surface area contributed by atoms with Crippen molar-refractivity contribution in [2.24, 2.45) is 0 Å². The first-order valence-electron chi connectivity index (χ1n) is 4.60. The van der Waals surface area contributed by atoms with Crippen molar-refractivity contribution in [2.75, 3.05) is 0 Å². The Hall–Kier alpha value is -0.300. The van der Waals surface area contributed by atoms with Gasteiger partial charge in [-0.15, -0.1) is 6.55 Å². The summed E-state index contributed by atoms with van der Waals surface area (Å²) in [6.07, 6.45) is 6.46. The summed E-state index contributed by atoms with van der Waals surface area (Å²) >= 11 is 0. The van der Waals surface area contributed by atoms with Crippen LogP contribution in [0, 0.1) is 0 Å². The average Bonchev–Trinajstić information content (AvgIpc) is 2.01. The number of unbranched alkanes of at least 4 members (excludes halogenated alkanes) is 2. The van der Waals surface area contributed by atoms with Crippen LogP contribution < -0.4 is 0 Å². The molecule has 0 radical (unpaired) electrons. The standard InChI is InChI=1S/C9H18O/c1-3-5-6-8-9(10)7-4-2/h4,9-10H,2-3,5-8H2,1H3/i2D. The van der Waals surface area contributed by atoms with E-state index in [-0.39, 0.29) is 6.10 Å². The third kappa shape index (κ3) is 5.83. The molecular formula is C9H18O. The number of rotatable bonds is 6. The van der Waals surface area contributed by atoms with Gasteiger partial charge < -0.3 is 5.11 Å². The first-order chi connectivity index (χ1) is 5.31. The smallest absolute Gasteiger partial charge is 0.0574 e. The predicted molar refractivity (Wildman–Crippen MR) is 45.0 cm³/mol. The van der Waals surface area contributed by atoms with Crippen LogP contribution in [0.15, 0.2) is 12.6 Å². The maximum atomic E-state index is 9.27. The molecular weight excluding hydrogens is 124 g/mol. The monoisotopic (exact) mass is 143 g/mol. The van der Waals surface area contributed by atoms with Crippen LogP contribution in [0.3, 0.4) is 0 Å². The molecule has 0 saturated heterocycles. The van der Waals surface area contributed by atoms with E-state index in [1.54, 1.807) is 6.08 Å². The van der Waals surface area contributed by atoms with E-state index in [1.165, 1.54) is 19.4 Å². The van der Waals surface area contributed by atoms with Crippen LogP contribution in [0.2, 0.25) is 0 Å². The summed E-state index contributed by atoms with van der Waals surface area (Å²) in [7, 11) is 0. The molecule has 0 aliphatic rings. The molecule has 0 aromatic rings. The molecule has 1 heteroatoms. The fourth-order valence-electron chi connectivity index (χ4n) is 0.905. The summed E-state index contributed by atoms with van der Waals surface area (Å²) < 4.78 is 6.72. The number of hydrogen-bond acceptors (Lipinski definition) is 1. The number of hydrogen-bond donors (Lipinski definition) is 1. The van der Waals surface area contributed by atoms with Crippen molar-refractivity contribution < 1.29 is 6.48 Å². The van der Waals surface area contributed by atoms with Gasteiger partial charge in [0.2, 0.25) is 0 Å².